The van der Waals surface area contributed by atoms with Crippen LogP contribution in [0.2, 0.25) is 0 Å². The van der Waals surface area contributed by atoms with E-state index in [1.807, 2.05) is 4.90 Å². The molecule has 0 radical (unpaired) electrons. The molecule has 0 spiro atoms. The molecule has 1 N–H and O–H groups in total. The first-order valence-corrected chi connectivity index (χ1v) is 10.0. The maximum Gasteiger partial charge on any atom is 0.275 e. The maximum atomic E-state index is 12.7. The van der Waals surface area contributed by atoms with Crippen LogP contribution in [0.1, 0.15) is 40.1 Å². The van der Waals surface area contributed by atoms with Crippen LogP contribution in [0.3, 0.4) is 0 Å². The largest absolute Gasteiger partial charge is 0.339 e. The average molecular weight is 393 g/mol. The number of carbonyl (C=O) groups excluding carboxylic acids is 2. The molecule has 1 aromatic carbocycles. The average Bonchev–Trinajstić information content (AvgIpc) is 3.25. The highest BCUT2D eigenvalue weighted by atomic mass is 32.1. The second-order valence-electron chi connectivity index (χ2n) is 6.50. The summed E-state index contributed by atoms with van der Waals surface area (Å²) < 4.78 is 0. The third kappa shape index (κ3) is 4.07. The molecule has 7 nitrogen and oxygen atoms in total. The maximum absolute atomic E-state index is 12.7. The number of piperidine rings is 1. The van der Waals surface area contributed by atoms with Crippen molar-refractivity contribution >= 4 is 28.8 Å². The molecule has 0 unspecified atom stereocenters. The standard InChI is InChI=1S/C20H19N5O2S/c26-18(16-13-28-19(24-16)17-21-8-5-9-22-17)23-15-7-4-6-14(12-15)20(27)25-10-2-1-3-11-25/h4-9,12-13H,1-3,10-11H2,(H,23,26). The first-order chi connectivity index (χ1) is 13.7. The van der Waals surface area contributed by atoms with E-state index in [1.54, 1.807) is 48.1 Å². The van der Waals surface area contributed by atoms with Crippen LogP contribution in [-0.4, -0.2) is 44.8 Å². The summed E-state index contributed by atoms with van der Waals surface area (Å²) in [6.07, 6.45) is 6.52. The smallest absolute Gasteiger partial charge is 0.275 e. The van der Waals surface area contributed by atoms with Crippen LogP contribution < -0.4 is 5.32 Å². The summed E-state index contributed by atoms with van der Waals surface area (Å²) in [6.45, 7) is 1.58. The lowest BCUT2D eigenvalue weighted by atomic mass is 10.1. The van der Waals surface area contributed by atoms with E-state index < -0.39 is 0 Å². The predicted molar refractivity (Wildman–Crippen MR) is 107 cm³/mol. The number of benzene rings is 1. The van der Waals surface area contributed by atoms with Gasteiger partial charge in [-0.1, -0.05) is 6.07 Å². The van der Waals surface area contributed by atoms with Crippen molar-refractivity contribution in [1.82, 2.24) is 19.9 Å². The zero-order valence-corrected chi connectivity index (χ0v) is 16.0. The van der Waals surface area contributed by atoms with E-state index in [1.165, 1.54) is 17.8 Å². The Balaban J connectivity index is 1.46. The fraction of sp³-hybridized carbons (Fsp3) is 0.250. The van der Waals surface area contributed by atoms with Gasteiger partial charge in [0.1, 0.15) is 5.69 Å². The Morgan fingerprint density at radius 1 is 1.04 bits per heavy atom. The number of rotatable bonds is 4. The highest BCUT2D eigenvalue weighted by molar-refractivity contribution is 7.13. The summed E-state index contributed by atoms with van der Waals surface area (Å²) in [5.41, 5.74) is 1.44. The fourth-order valence-electron chi connectivity index (χ4n) is 3.09. The summed E-state index contributed by atoms with van der Waals surface area (Å²) in [4.78, 5) is 39.7. The van der Waals surface area contributed by atoms with Gasteiger partial charge in [0.2, 0.25) is 0 Å². The second kappa shape index (κ2) is 8.26. The molecule has 1 aliphatic rings. The quantitative estimate of drug-likeness (QED) is 0.733. The first-order valence-electron chi connectivity index (χ1n) is 9.14. The number of anilines is 1. The molecule has 1 saturated heterocycles. The van der Waals surface area contributed by atoms with Crippen LogP contribution in [0, 0.1) is 0 Å². The normalized spacial score (nSPS) is 13.9. The van der Waals surface area contributed by atoms with E-state index in [2.05, 4.69) is 20.3 Å². The summed E-state index contributed by atoms with van der Waals surface area (Å²) in [5, 5.41) is 5.07. The molecule has 3 aromatic rings. The van der Waals surface area contributed by atoms with Crippen molar-refractivity contribution in [3.05, 3.63) is 59.4 Å². The molecule has 28 heavy (non-hydrogen) atoms. The van der Waals surface area contributed by atoms with Gasteiger partial charge in [0.15, 0.2) is 10.8 Å². The summed E-state index contributed by atoms with van der Waals surface area (Å²) in [6, 6.07) is 8.75. The topological polar surface area (TPSA) is 88.1 Å². The number of nitrogens with one attached hydrogen (secondary N) is 1. The van der Waals surface area contributed by atoms with Gasteiger partial charge in [-0.3, -0.25) is 9.59 Å². The van der Waals surface area contributed by atoms with E-state index >= 15 is 0 Å². The highest BCUT2D eigenvalue weighted by Crippen LogP contribution is 2.21. The Morgan fingerprint density at radius 3 is 2.61 bits per heavy atom. The minimum atomic E-state index is -0.332. The number of amides is 2. The van der Waals surface area contributed by atoms with Crippen molar-refractivity contribution in [3.8, 4) is 10.8 Å². The van der Waals surface area contributed by atoms with Gasteiger partial charge in [-0.15, -0.1) is 11.3 Å². The lowest BCUT2D eigenvalue weighted by Crippen LogP contribution is -2.35. The molecular weight excluding hydrogens is 374 g/mol. The Kier molecular flexibility index (Phi) is 5.38. The summed E-state index contributed by atoms with van der Waals surface area (Å²) in [5.74, 6) is 0.162. The van der Waals surface area contributed by atoms with Crippen LogP contribution in [0.15, 0.2) is 48.1 Å². The van der Waals surface area contributed by atoms with E-state index in [0.29, 0.717) is 27.8 Å². The van der Waals surface area contributed by atoms with Crippen LogP contribution in [0.25, 0.3) is 10.8 Å². The van der Waals surface area contributed by atoms with Gasteiger partial charge in [0.25, 0.3) is 11.8 Å². The molecule has 2 amide bonds. The zero-order chi connectivity index (χ0) is 19.3. The summed E-state index contributed by atoms with van der Waals surface area (Å²) >= 11 is 1.31. The van der Waals surface area contributed by atoms with Gasteiger partial charge < -0.3 is 10.2 Å². The number of nitrogens with zero attached hydrogens (tertiary/aromatic N) is 4. The lowest BCUT2D eigenvalue weighted by molar-refractivity contribution is 0.0724. The number of aromatic nitrogens is 3. The molecule has 2 aromatic heterocycles. The SMILES string of the molecule is O=C(Nc1cccc(C(=O)N2CCCCC2)c1)c1csc(-c2ncccn2)n1. The van der Waals surface area contributed by atoms with Crippen molar-refractivity contribution in [3.63, 3.8) is 0 Å². The van der Waals surface area contributed by atoms with Gasteiger partial charge >= 0.3 is 0 Å². The van der Waals surface area contributed by atoms with Gasteiger partial charge in [-0.05, 0) is 43.5 Å². The third-order valence-corrected chi connectivity index (χ3v) is 5.34. The second-order valence-corrected chi connectivity index (χ2v) is 7.36. The molecule has 1 aliphatic heterocycles. The van der Waals surface area contributed by atoms with Crippen molar-refractivity contribution < 1.29 is 9.59 Å². The predicted octanol–water partition coefficient (Wildman–Crippen LogP) is 3.48. The molecule has 0 bridgehead atoms. The number of carbonyl (C=O) groups is 2. The molecule has 3 heterocycles. The molecule has 0 saturated carbocycles. The van der Waals surface area contributed by atoms with Crippen molar-refractivity contribution in [2.24, 2.45) is 0 Å². The Morgan fingerprint density at radius 2 is 1.82 bits per heavy atom. The van der Waals surface area contributed by atoms with E-state index in [0.717, 1.165) is 25.9 Å². The molecule has 0 atom stereocenters. The Labute approximate surface area is 166 Å². The molecular formula is C20H19N5O2S. The number of hydrogen-bond donors (Lipinski definition) is 1. The van der Waals surface area contributed by atoms with Crippen molar-refractivity contribution in [1.29, 1.82) is 0 Å². The molecule has 0 aliphatic carbocycles. The number of likely N-dealkylation sites (tertiary alicyclic amines) is 1. The summed E-state index contributed by atoms with van der Waals surface area (Å²) in [7, 11) is 0. The van der Waals surface area contributed by atoms with E-state index in [9.17, 15) is 9.59 Å². The van der Waals surface area contributed by atoms with E-state index in [4.69, 9.17) is 0 Å². The van der Waals surface area contributed by atoms with Gasteiger partial charge in [-0.25, -0.2) is 15.0 Å². The number of thiazole rings is 1. The minimum absolute atomic E-state index is 0.00738. The monoisotopic (exact) mass is 393 g/mol. The highest BCUT2D eigenvalue weighted by Gasteiger charge is 2.19. The third-order valence-electron chi connectivity index (χ3n) is 4.50. The number of hydrogen-bond acceptors (Lipinski definition) is 6. The van der Waals surface area contributed by atoms with Gasteiger partial charge in [0.05, 0.1) is 0 Å². The lowest BCUT2D eigenvalue weighted by Gasteiger charge is -2.26. The van der Waals surface area contributed by atoms with Gasteiger partial charge in [0, 0.05) is 42.1 Å². The molecule has 1 fully saturated rings. The van der Waals surface area contributed by atoms with Crippen LogP contribution >= 0.6 is 11.3 Å². The van der Waals surface area contributed by atoms with Crippen molar-refractivity contribution in [2.45, 2.75) is 19.3 Å². The van der Waals surface area contributed by atoms with Crippen molar-refractivity contribution in [2.75, 3.05) is 18.4 Å². The molecule has 4 rings (SSSR count). The Bertz CT molecular complexity index is 983. The Hall–Kier alpha value is -3.13. The first kappa shape index (κ1) is 18.2. The van der Waals surface area contributed by atoms with Crippen LogP contribution in [-0.2, 0) is 0 Å². The molecule has 8 heteroatoms. The minimum Gasteiger partial charge on any atom is -0.339 e. The van der Waals surface area contributed by atoms with Gasteiger partial charge in [-0.2, -0.15) is 0 Å². The van der Waals surface area contributed by atoms with Crippen LogP contribution in [0.5, 0.6) is 0 Å². The van der Waals surface area contributed by atoms with Crippen LogP contribution in [0.4, 0.5) is 5.69 Å². The fourth-order valence-corrected chi connectivity index (χ4v) is 3.84. The zero-order valence-electron chi connectivity index (χ0n) is 15.2. The molecule has 142 valence electrons. The van der Waals surface area contributed by atoms with E-state index in [-0.39, 0.29) is 11.8 Å².